The summed E-state index contributed by atoms with van der Waals surface area (Å²) in [5, 5.41) is 0.567. The van der Waals surface area contributed by atoms with Gasteiger partial charge in [0.1, 0.15) is 10.9 Å². The Bertz CT molecular complexity index is 265. The van der Waals surface area contributed by atoms with Gasteiger partial charge in [-0.1, -0.05) is 27.5 Å². The van der Waals surface area contributed by atoms with Gasteiger partial charge in [0.2, 0.25) is 0 Å². The Balaban J connectivity index is 3.17. The molecule has 1 aromatic rings. The van der Waals surface area contributed by atoms with Gasteiger partial charge in [-0.2, -0.15) is 0 Å². The maximum Gasteiger partial charge on any atom is 0.128 e. The van der Waals surface area contributed by atoms with Crippen molar-refractivity contribution < 1.29 is 0 Å². The number of rotatable bonds is 1. The Kier molecular flexibility index (Phi) is 3.28. The molecule has 0 saturated heterocycles. The molecule has 0 spiro atoms. The molecule has 0 bridgehead atoms. The summed E-state index contributed by atoms with van der Waals surface area (Å²) >= 11 is 12.5. The van der Waals surface area contributed by atoms with E-state index in [1.54, 1.807) is 0 Å². The first-order valence-electron chi connectivity index (χ1n) is 2.93. The SMILES string of the molecule is CC(Br)c1ncnc(Br)c1Cl. The van der Waals surface area contributed by atoms with E-state index >= 15 is 0 Å². The van der Waals surface area contributed by atoms with Crippen molar-refractivity contribution in [3.8, 4) is 0 Å². The van der Waals surface area contributed by atoms with Crippen molar-refractivity contribution in [1.29, 1.82) is 0 Å². The Morgan fingerprint density at radius 3 is 2.64 bits per heavy atom. The average molecular weight is 300 g/mol. The second-order valence-corrected chi connectivity index (χ2v) is 4.48. The fourth-order valence-corrected chi connectivity index (χ4v) is 1.67. The Morgan fingerprint density at radius 2 is 2.18 bits per heavy atom. The summed E-state index contributed by atoms with van der Waals surface area (Å²) in [4.78, 5) is 8.04. The molecule has 1 unspecified atom stereocenters. The molecule has 2 nitrogen and oxygen atoms in total. The summed E-state index contributed by atoms with van der Waals surface area (Å²) in [6.07, 6.45) is 1.48. The summed E-state index contributed by atoms with van der Waals surface area (Å²) in [7, 11) is 0. The largest absolute Gasteiger partial charge is 0.239 e. The molecular formula is C6H5Br2ClN2. The van der Waals surface area contributed by atoms with Crippen molar-refractivity contribution in [2.24, 2.45) is 0 Å². The van der Waals surface area contributed by atoms with Crippen molar-refractivity contribution >= 4 is 43.5 Å². The minimum absolute atomic E-state index is 0.147. The van der Waals surface area contributed by atoms with E-state index in [4.69, 9.17) is 11.6 Å². The Hall–Kier alpha value is 0.330. The van der Waals surface area contributed by atoms with Crippen LogP contribution in [0.4, 0.5) is 0 Å². The number of hydrogen-bond donors (Lipinski definition) is 0. The number of alkyl halides is 1. The van der Waals surface area contributed by atoms with Crippen LogP contribution in [0.2, 0.25) is 5.02 Å². The van der Waals surface area contributed by atoms with Crippen LogP contribution in [-0.4, -0.2) is 9.97 Å². The van der Waals surface area contributed by atoms with E-state index in [1.807, 2.05) is 6.92 Å². The first-order valence-corrected chi connectivity index (χ1v) is 5.01. The van der Waals surface area contributed by atoms with E-state index in [2.05, 4.69) is 41.8 Å². The first-order chi connectivity index (χ1) is 5.13. The Morgan fingerprint density at radius 1 is 1.55 bits per heavy atom. The molecule has 60 valence electrons. The zero-order valence-electron chi connectivity index (χ0n) is 5.68. The standard InChI is InChI=1S/C6H5Br2ClN2/c1-3(7)5-4(9)6(8)11-2-10-5/h2-3H,1H3. The van der Waals surface area contributed by atoms with E-state index in [9.17, 15) is 0 Å². The highest BCUT2D eigenvalue weighted by Gasteiger charge is 2.10. The zero-order chi connectivity index (χ0) is 8.43. The van der Waals surface area contributed by atoms with Crippen LogP contribution in [0.25, 0.3) is 0 Å². The third-order valence-corrected chi connectivity index (χ3v) is 2.79. The monoisotopic (exact) mass is 298 g/mol. The molecule has 0 saturated carbocycles. The normalized spacial score (nSPS) is 13.1. The number of hydrogen-bond acceptors (Lipinski definition) is 2. The molecule has 0 aromatic carbocycles. The van der Waals surface area contributed by atoms with Crippen molar-refractivity contribution in [1.82, 2.24) is 9.97 Å². The number of aromatic nitrogens is 2. The molecule has 1 atom stereocenters. The molecular weight excluding hydrogens is 295 g/mol. The first kappa shape index (κ1) is 9.42. The van der Waals surface area contributed by atoms with Crippen LogP contribution >= 0.6 is 43.5 Å². The van der Waals surface area contributed by atoms with Gasteiger partial charge in [-0.3, -0.25) is 0 Å². The molecule has 0 aliphatic carbocycles. The lowest BCUT2D eigenvalue weighted by molar-refractivity contribution is 0.980. The van der Waals surface area contributed by atoms with Crippen molar-refractivity contribution in [3.63, 3.8) is 0 Å². The molecule has 0 N–H and O–H groups in total. The van der Waals surface area contributed by atoms with Gasteiger partial charge in [0.15, 0.2) is 0 Å². The molecule has 0 amide bonds. The van der Waals surface area contributed by atoms with Gasteiger partial charge in [0.05, 0.1) is 15.5 Å². The average Bonchev–Trinajstić information content (AvgIpc) is 1.94. The van der Waals surface area contributed by atoms with Crippen LogP contribution in [0.3, 0.4) is 0 Å². The van der Waals surface area contributed by atoms with Gasteiger partial charge in [0.25, 0.3) is 0 Å². The zero-order valence-corrected chi connectivity index (χ0v) is 9.61. The molecule has 0 aliphatic rings. The van der Waals surface area contributed by atoms with Crippen LogP contribution in [0, 0.1) is 0 Å². The quantitative estimate of drug-likeness (QED) is 0.587. The van der Waals surface area contributed by atoms with Gasteiger partial charge in [0, 0.05) is 0 Å². The van der Waals surface area contributed by atoms with Gasteiger partial charge < -0.3 is 0 Å². The lowest BCUT2D eigenvalue weighted by Crippen LogP contribution is -1.93. The summed E-state index contributed by atoms with van der Waals surface area (Å²) < 4.78 is 0.635. The van der Waals surface area contributed by atoms with Gasteiger partial charge >= 0.3 is 0 Å². The minimum atomic E-state index is 0.147. The number of halogens is 3. The van der Waals surface area contributed by atoms with Crippen LogP contribution in [0.5, 0.6) is 0 Å². The summed E-state index contributed by atoms with van der Waals surface area (Å²) in [6, 6.07) is 0. The fraction of sp³-hybridized carbons (Fsp3) is 0.333. The van der Waals surface area contributed by atoms with Crippen LogP contribution in [0.15, 0.2) is 10.9 Å². The highest BCUT2D eigenvalue weighted by atomic mass is 79.9. The lowest BCUT2D eigenvalue weighted by Gasteiger charge is -2.04. The van der Waals surface area contributed by atoms with Gasteiger partial charge in [-0.15, -0.1) is 0 Å². The topological polar surface area (TPSA) is 25.8 Å². The van der Waals surface area contributed by atoms with Crippen LogP contribution in [-0.2, 0) is 0 Å². The van der Waals surface area contributed by atoms with Crippen molar-refractivity contribution in [3.05, 3.63) is 21.6 Å². The molecule has 5 heteroatoms. The second-order valence-electron chi connectivity index (χ2n) is 1.98. The molecule has 1 rings (SSSR count). The molecule has 11 heavy (non-hydrogen) atoms. The highest BCUT2D eigenvalue weighted by Crippen LogP contribution is 2.30. The van der Waals surface area contributed by atoms with Crippen molar-refractivity contribution in [2.45, 2.75) is 11.8 Å². The van der Waals surface area contributed by atoms with Gasteiger partial charge in [-0.25, -0.2) is 9.97 Å². The second kappa shape index (κ2) is 3.83. The lowest BCUT2D eigenvalue weighted by atomic mass is 10.3. The van der Waals surface area contributed by atoms with E-state index in [0.29, 0.717) is 9.63 Å². The number of nitrogens with zero attached hydrogens (tertiary/aromatic N) is 2. The summed E-state index contributed by atoms with van der Waals surface area (Å²) in [6.45, 7) is 1.96. The van der Waals surface area contributed by atoms with Crippen molar-refractivity contribution in [2.75, 3.05) is 0 Å². The fourth-order valence-electron chi connectivity index (χ4n) is 0.638. The van der Waals surface area contributed by atoms with Crippen LogP contribution < -0.4 is 0 Å². The Labute approximate surface area is 86.6 Å². The third kappa shape index (κ3) is 2.13. The molecule has 1 heterocycles. The van der Waals surface area contributed by atoms with E-state index in [-0.39, 0.29) is 4.83 Å². The summed E-state index contributed by atoms with van der Waals surface area (Å²) in [5.74, 6) is 0. The smallest absolute Gasteiger partial charge is 0.128 e. The highest BCUT2D eigenvalue weighted by molar-refractivity contribution is 9.10. The predicted molar refractivity (Wildman–Crippen MR) is 52.1 cm³/mol. The third-order valence-electron chi connectivity index (χ3n) is 1.15. The maximum atomic E-state index is 5.89. The predicted octanol–water partition coefficient (Wildman–Crippen LogP) is 3.35. The van der Waals surface area contributed by atoms with E-state index in [0.717, 1.165) is 5.69 Å². The molecule has 0 fully saturated rings. The van der Waals surface area contributed by atoms with Crippen LogP contribution in [0.1, 0.15) is 17.4 Å². The maximum absolute atomic E-state index is 5.89. The molecule has 0 radical (unpaired) electrons. The molecule has 1 aromatic heterocycles. The van der Waals surface area contributed by atoms with E-state index in [1.165, 1.54) is 6.33 Å². The van der Waals surface area contributed by atoms with Gasteiger partial charge in [-0.05, 0) is 22.9 Å². The van der Waals surface area contributed by atoms with E-state index < -0.39 is 0 Å². The molecule has 0 aliphatic heterocycles. The minimum Gasteiger partial charge on any atom is -0.239 e. The summed E-state index contributed by atoms with van der Waals surface area (Å²) in [5.41, 5.74) is 0.800.